The molecule has 0 saturated heterocycles. The first kappa shape index (κ1) is 20.2. The van der Waals surface area contributed by atoms with Gasteiger partial charge in [-0.2, -0.15) is 0 Å². The SMILES string of the molecule is CCCCOC(=O)c1ccc2nc(N)n(Cc3ccc(C(=O)O)cc3OC)c2c1. The number of carbonyl (C=O) groups excluding carboxylic acids is 1. The maximum atomic E-state index is 12.3. The van der Waals surface area contributed by atoms with Gasteiger partial charge in [-0.1, -0.05) is 19.4 Å². The van der Waals surface area contributed by atoms with Crippen molar-refractivity contribution < 1.29 is 24.2 Å². The highest BCUT2D eigenvalue weighted by Gasteiger charge is 2.16. The van der Waals surface area contributed by atoms with Gasteiger partial charge in [0.2, 0.25) is 5.95 Å². The summed E-state index contributed by atoms with van der Waals surface area (Å²) in [6.45, 7) is 2.71. The molecule has 8 nitrogen and oxygen atoms in total. The molecule has 0 aliphatic rings. The molecule has 0 fully saturated rings. The first-order chi connectivity index (χ1) is 13.9. The molecule has 0 radical (unpaired) electrons. The van der Waals surface area contributed by atoms with Crippen LogP contribution in [-0.4, -0.2) is 40.3 Å². The van der Waals surface area contributed by atoms with Crippen LogP contribution in [0.3, 0.4) is 0 Å². The number of fused-ring (bicyclic) bond motifs is 1. The number of aromatic carboxylic acids is 1. The third kappa shape index (κ3) is 4.31. The van der Waals surface area contributed by atoms with E-state index in [-0.39, 0.29) is 11.5 Å². The van der Waals surface area contributed by atoms with E-state index in [1.54, 1.807) is 28.8 Å². The van der Waals surface area contributed by atoms with Crippen LogP contribution in [0.5, 0.6) is 5.75 Å². The van der Waals surface area contributed by atoms with E-state index in [4.69, 9.17) is 20.3 Å². The number of anilines is 1. The monoisotopic (exact) mass is 397 g/mol. The van der Waals surface area contributed by atoms with Crippen LogP contribution < -0.4 is 10.5 Å². The Morgan fingerprint density at radius 2 is 1.93 bits per heavy atom. The molecule has 152 valence electrons. The zero-order chi connectivity index (χ0) is 21.0. The lowest BCUT2D eigenvalue weighted by atomic mass is 10.1. The number of nitrogens with two attached hydrogens (primary N) is 1. The fraction of sp³-hybridized carbons (Fsp3) is 0.286. The summed E-state index contributed by atoms with van der Waals surface area (Å²) in [7, 11) is 1.48. The van der Waals surface area contributed by atoms with Crippen molar-refractivity contribution in [3.8, 4) is 5.75 Å². The number of ether oxygens (including phenoxy) is 2. The van der Waals surface area contributed by atoms with Crippen LogP contribution in [0.4, 0.5) is 5.95 Å². The highest BCUT2D eigenvalue weighted by Crippen LogP contribution is 2.26. The molecule has 0 amide bonds. The number of imidazole rings is 1. The number of carboxylic acids is 1. The molecule has 1 heterocycles. The van der Waals surface area contributed by atoms with Crippen LogP contribution in [-0.2, 0) is 11.3 Å². The van der Waals surface area contributed by atoms with Crippen molar-refractivity contribution in [2.75, 3.05) is 19.5 Å². The van der Waals surface area contributed by atoms with Gasteiger partial charge in [-0.3, -0.25) is 0 Å². The van der Waals surface area contributed by atoms with Crippen molar-refractivity contribution in [1.29, 1.82) is 0 Å². The van der Waals surface area contributed by atoms with Crippen molar-refractivity contribution in [2.24, 2.45) is 0 Å². The van der Waals surface area contributed by atoms with Crippen molar-refractivity contribution in [2.45, 2.75) is 26.3 Å². The van der Waals surface area contributed by atoms with Crippen LogP contribution in [0.25, 0.3) is 11.0 Å². The van der Waals surface area contributed by atoms with Gasteiger partial charge in [-0.05, 0) is 36.8 Å². The maximum Gasteiger partial charge on any atom is 0.338 e. The van der Waals surface area contributed by atoms with E-state index in [1.807, 2.05) is 6.92 Å². The van der Waals surface area contributed by atoms with E-state index in [1.165, 1.54) is 19.2 Å². The van der Waals surface area contributed by atoms with Gasteiger partial charge in [-0.25, -0.2) is 14.6 Å². The lowest BCUT2D eigenvalue weighted by Crippen LogP contribution is -2.08. The summed E-state index contributed by atoms with van der Waals surface area (Å²) in [5.74, 6) is -0.717. The molecule has 1 aromatic heterocycles. The number of esters is 1. The summed E-state index contributed by atoms with van der Waals surface area (Å²) in [5.41, 5.74) is 8.71. The second-order valence-corrected chi connectivity index (χ2v) is 6.58. The number of hydrogen-bond donors (Lipinski definition) is 2. The summed E-state index contributed by atoms with van der Waals surface area (Å²) < 4.78 is 12.4. The molecule has 3 aromatic rings. The zero-order valence-electron chi connectivity index (χ0n) is 16.3. The summed E-state index contributed by atoms with van der Waals surface area (Å²) in [6.07, 6.45) is 1.75. The molecular formula is C21H23N3O5. The number of aromatic nitrogens is 2. The van der Waals surface area contributed by atoms with E-state index in [0.717, 1.165) is 18.4 Å². The minimum atomic E-state index is -1.03. The molecule has 0 spiro atoms. The average Bonchev–Trinajstić information content (AvgIpc) is 3.02. The van der Waals surface area contributed by atoms with Gasteiger partial charge in [0.15, 0.2) is 0 Å². The fourth-order valence-corrected chi connectivity index (χ4v) is 3.01. The van der Waals surface area contributed by atoms with E-state index in [0.29, 0.717) is 35.5 Å². The quantitative estimate of drug-likeness (QED) is 0.442. The Balaban J connectivity index is 1.95. The van der Waals surface area contributed by atoms with Crippen LogP contribution in [0.2, 0.25) is 0 Å². The topological polar surface area (TPSA) is 117 Å². The first-order valence-corrected chi connectivity index (χ1v) is 9.27. The van der Waals surface area contributed by atoms with Gasteiger partial charge in [0, 0.05) is 5.56 Å². The molecule has 0 aliphatic carbocycles. The molecule has 0 aliphatic heterocycles. The number of nitrogens with zero attached hydrogens (tertiary/aromatic N) is 2. The van der Waals surface area contributed by atoms with Crippen molar-refractivity contribution in [3.63, 3.8) is 0 Å². The molecule has 2 aromatic carbocycles. The lowest BCUT2D eigenvalue weighted by molar-refractivity contribution is 0.0499. The summed E-state index contributed by atoms with van der Waals surface area (Å²) >= 11 is 0. The first-order valence-electron chi connectivity index (χ1n) is 9.27. The predicted molar refractivity (Wildman–Crippen MR) is 108 cm³/mol. The number of rotatable bonds is 8. The summed E-state index contributed by atoms with van der Waals surface area (Å²) in [5, 5.41) is 9.16. The standard InChI is InChI=1S/C21H23N3O5/c1-3-4-9-29-20(27)14-7-8-16-17(10-14)24(21(22)23-16)12-15-6-5-13(19(25)26)11-18(15)28-2/h5-8,10-11H,3-4,9,12H2,1-2H3,(H2,22,23)(H,25,26). The molecule has 0 atom stereocenters. The van der Waals surface area contributed by atoms with Gasteiger partial charge in [-0.15, -0.1) is 0 Å². The molecular weight excluding hydrogens is 374 g/mol. The van der Waals surface area contributed by atoms with Crippen LogP contribution in [0, 0.1) is 0 Å². The minimum absolute atomic E-state index is 0.131. The Kier molecular flexibility index (Phi) is 6.01. The third-order valence-electron chi connectivity index (χ3n) is 4.61. The molecule has 0 bridgehead atoms. The smallest absolute Gasteiger partial charge is 0.338 e. The van der Waals surface area contributed by atoms with Crippen LogP contribution >= 0.6 is 0 Å². The second-order valence-electron chi connectivity index (χ2n) is 6.58. The number of benzene rings is 2. The molecule has 0 saturated carbocycles. The molecule has 8 heteroatoms. The van der Waals surface area contributed by atoms with Crippen molar-refractivity contribution >= 4 is 28.9 Å². The molecule has 3 N–H and O–H groups in total. The third-order valence-corrected chi connectivity index (χ3v) is 4.61. The van der Waals surface area contributed by atoms with E-state index in [9.17, 15) is 9.59 Å². The number of hydrogen-bond acceptors (Lipinski definition) is 6. The highest BCUT2D eigenvalue weighted by molar-refractivity contribution is 5.94. The lowest BCUT2D eigenvalue weighted by Gasteiger charge is -2.12. The van der Waals surface area contributed by atoms with Gasteiger partial charge in [0.1, 0.15) is 5.75 Å². The average molecular weight is 397 g/mol. The summed E-state index contributed by atoms with van der Waals surface area (Å²) in [4.78, 5) is 27.8. The molecule has 0 unspecified atom stereocenters. The van der Waals surface area contributed by atoms with E-state index >= 15 is 0 Å². The number of nitrogen functional groups attached to an aromatic ring is 1. The highest BCUT2D eigenvalue weighted by atomic mass is 16.5. The Hall–Kier alpha value is -3.55. The molecule has 29 heavy (non-hydrogen) atoms. The number of carbonyl (C=O) groups is 2. The number of methoxy groups -OCH3 is 1. The fourth-order valence-electron chi connectivity index (χ4n) is 3.01. The normalized spacial score (nSPS) is 10.8. The largest absolute Gasteiger partial charge is 0.496 e. The van der Waals surface area contributed by atoms with Gasteiger partial charge in [0.25, 0.3) is 0 Å². The summed E-state index contributed by atoms with van der Waals surface area (Å²) in [6, 6.07) is 9.73. The molecule has 3 rings (SSSR count). The van der Waals surface area contributed by atoms with E-state index < -0.39 is 11.9 Å². The van der Waals surface area contributed by atoms with Gasteiger partial charge in [0.05, 0.1) is 42.4 Å². The van der Waals surface area contributed by atoms with Crippen LogP contribution in [0.15, 0.2) is 36.4 Å². The Morgan fingerprint density at radius 1 is 1.17 bits per heavy atom. The maximum absolute atomic E-state index is 12.3. The Labute approximate surface area is 167 Å². The van der Waals surface area contributed by atoms with Crippen LogP contribution in [0.1, 0.15) is 46.0 Å². The Morgan fingerprint density at radius 3 is 2.62 bits per heavy atom. The minimum Gasteiger partial charge on any atom is -0.496 e. The number of unbranched alkanes of at least 4 members (excludes halogenated alkanes) is 1. The van der Waals surface area contributed by atoms with Crippen molar-refractivity contribution in [1.82, 2.24) is 9.55 Å². The van der Waals surface area contributed by atoms with Gasteiger partial charge < -0.3 is 24.9 Å². The number of carboxylic acid groups (broad SMARTS) is 1. The van der Waals surface area contributed by atoms with Gasteiger partial charge >= 0.3 is 11.9 Å². The Bertz CT molecular complexity index is 1060. The zero-order valence-corrected chi connectivity index (χ0v) is 16.3. The van der Waals surface area contributed by atoms with Crippen molar-refractivity contribution in [3.05, 3.63) is 53.1 Å². The predicted octanol–water partition coefficient (Wildman–Crippen LogP) is 3.33. The second kappa shape index (κ2) is 8.64. The van der Waals surface area contributed by atoms with E-state index in [2.05, 4.69) is 4.98 Å².